The number of thiazole rings is 1. The summed E-state index contributed by atoms with van der Waals surface area (Å²) < 4.78 is 0.721. The molecule has 0 aliphatic heterocycles. The number of pyridine rings is 1. The molecule has 0 spiro atoms. The number of hydrogen-bond acceptors (Lipinski definition) is 5. The van der Waals surface area contributed by atoms with Crippen LogP contribution in [0, 0.1) is 0 Å². The zero-order chi connectivity index (χ0) is 13.1. The monoisotopic (exact) mass is 325 g/mol. The molecule has 2 heterocycles. The lowest BCUT2D eigenvalue weighted by atomic mass is 10.3. The highest BCUT2D eigenvalue weighted by Crippen LogP contribution is 2.17. The normalized spacial score (nSPS) is 10.1. The summed E-state index contributed by atoms with van der Waals surface area (Å²) in [6, 6.07) is 1.65. The largest absolute Gasteiger partial charge is 0.298 e. The molecule has 0 saturated heterocycles. The second-order valence-electron chi connectivity index (χ2n) is 3.44. The van der Waals surface area contributed by atoms with Crippen molar-refractivity contribution in [3.63, 3.8) is 0 Å². The Kier molecular flexibility index (Phi) is 3.83. The van der Waals surface area contributed by atoms with Gasteiger partial charge in [-0.25, -0.2) is 4.98 Å². The number of carbonyl (C=O) groups is 2. The molecule has 0 saturated carbocycles. The van der Waals surface area contributed by atoms with Crippen molar-refractivity contribution in [2.75, 3.05) is 5.32 Å². The Morgan fingerprint density at radius 3 is 2.78 bits per heavy atom. The van der Waals surface area contributed by atoms with Crippen LogP contribution in [0.5, 0.6) is 0 Å². The van der Waals surface area contributed by atoms with Crippen LogP contribution in [0.1, 0.15) is 27.8 Å². The molecule has 7 heteroatoms. The number of ketones is 1. The Morgan fingerprint density at radius 1 is 1.39 bits per heavy atom. The molecule has 5 nitrogen and oxygen atoms in total. The molecule has 0 radical (unpaired) electrons. The fourth-order valence-electron chi connectivity index (χ4n) is 1.20. The van der Waals surface area contributed by atoms with Crippen molar-refractivity contribution < 1.29 is 9.59 Å². The average molecular weight is 326 g/mol. The third kappa shape index (κ3) is 2.99. The number of nitrogens with one attached hydrogen (secondary N) is 1. The number of nitrogens with zero attached hydrogens (tertiary/aromatic N) is 2. The first-order chi connectivity index (χ1) is 8.56. The molecular weight excluding hydrogens is 318 g/mol. The van der Waals surface area contributed by atoms with Crippen LogP contribution in [0.2, 0.25) is 0 Å². The van der Waals surface area contributed by atoms with E-state index >= 15 is 0 Å². The minimum Gasteiger partial charge on any atom is -0.298 e. The molecule has 0 aliphatic carbocycles. The molecule has 0 aliphatic rings. The van der Waals surface area contributed by atoms with Gasteiger partial charge in [0.25, 0.3) is 5.91 Å². The maximum absolute atomic E-state index is 11.9. The maximum atomic E-state index is 11.9. The molecule has 0 bridgehead atoms. The molecule has 0 aromatic carbocycles. The summed E-state index contributed by atoms with van der Waals surface area (Å²) in [6.45, 7) is 1.43. The first kappa shape index (κ1) is 12.8. The van der Waals surface area contributed by atoms with Gasteiger partial charge in [-0.2, -0.15) is 0 Å². The number of rotatable bonds is 3. The van der Waals surface area contributed by atoms with E-state index < -0.39 is 0 Å². The summed E-state index contributed by atoms with van der Waals surface area (Å²) in [5.74, 6) is -0.441. The third-order valence-corrected chi connectivity index (χ3v) is 3.24. The number of aromatic nitrogens is 2. The van der Waals surface area contributed by atoms with Gasteiger partial charge >= 0.3 is 0 Å². The summed E-state index contributed by atoms with van der Waals surface area (Å²) in [5, 5.41) is 4.62. The van der Waals surface area contributed by atoms with E-state index in [1.165, 1.54) is 24.5 Å². The van der Waals surface area contributed by atoms with Gasteiger partial charge < -0.3 is 0 Å². The van der Waals surface area contributed by atoms with E-state index in [0.717, 1.165) is 4.47 Å². The van der Waals surface area contributed by atoms with E-state index in [4.69, 9.17) is 0 Å². The SMILES string of the molecule is CC(=O)c1csc(NC(=O)c2cncc(Br)c2)n1. The first-order valence-electron chi connectivity index (χ1n) is 4.94. The Hall–Kier alpha value is -1.60. The standard InChI is InChI=1S/C11H8BrN3O2S/c1-6(16)9-5-18-11(14-9)15-10(17)7-2-8(12)4-13-3-7/h2-5H,1H3,(H,14,15,17). The van der Waals surface area contributed by atoms with Crippen molar-refractivity contribution in [1.82, 2.24) is 9.97 Å². The fraction of sp³-hybridized carbons (Fsp3) is 0.0909. The van der Waals surface area contributed by atoms with Gasteiger partial charge in [0.1, 0.15) is 5.69 Å². The average Bonchev–Trinajstić information content (AvgIpc) is 2.77. The van der Waals surface area contributed by atoms with Crippen LogP contribution in [0.4, 0.5) is 5.13 Å². The lowest BCUT2D eigenvalue weighted by Gasteiger charge is -2.01. The molecule has 0 unspecified atom stereocenters. The van der Waals surface area contributed by atoms with Crippen molar-refractivity contribution in [3.05, 3.63) is 39.6 Å². The number of amides is 1. The Morgan fingerprint density at radius 2 is 2.17 bits per heavy atom. The van der Waals surface area contributed by atoms with Gasteiger partial charge in [-0.05, 0) is 22.0 Å². The number of halogens is 1. The smallest absolute Gasteiger partial charge is 0.259 e. The van der Waals surface area contributed by atoms with E-state index in [2.05, 4.69) is 31.2 Å². The zero-order valence-electron chi connectivity index (χ0n) is 9.31. The predicted octanol–water partition coefficient (Wildman–Crippen LogP) is 2.76. The van der Waals surface area contributed by atoms with Crippen molar-refractivity contribution >= 4 is 44.1 Å². The molecule has 18 heavy (non-hydrogen) atoms. The van der Waals surface area contributed by atoms with E-state index in [1.807, 2.05) is 0 Å². The van der Waals surface area contributed by atoms with Crippen molar-refractivity contribution in [3.8, 4) is 0 Å². The third-order valence-electron chi connectivity index (χ3n) is 2.05. The van der Waals surface area contributed by atoms with Gasteiger partial charge in [-0.15, -0.1) is 11.3 Å². The van der Waals surface area contributed by atoms with Crippen molar-refractivity contribution in [2.45, 2.75) is 6.92 Å². The minimum atomic E-state index is -0.312. The van der Waals surface area contributed by atoms with Crippen LogP contribution in [0.15, 0.2) is 28.3 Å². The quantitative estimate of drug-likeness (QED) is 0.881. The summed E-state index contributed by atoms with van der Waals surface area (Å²) >= 11 is 4.45. The number of anilines is 1. The van der Waals surface area contributed by atoms with Crippen LogP contribution in [-0.4, -0.2) is 21.7 Å². The second kappa shape index (κ2) is 5.36. The van der Waals surface area contributed by atoms with Gasteiger partial charge in [0, 0.05) is 29.2 Å². The number of carbonyl (C=O) groups excluding carboxylic acids is 2. The van der Waals surface area contributed by atoms with Crippen LogP contribution in [0.3, 0.4) is 0 Å². The summed E-state index contributed by atoms with van der Waals surface area (Å²) in [4.78, 5) is 30.8. The molecular formula is C11H8BrN3O2S. The van der Waals surface area contributed by atoms with E-state index in [9.17, 15) is 9.59 Å². The fourth-order valence-corrected chi connectivity index (χ4v) is 2.31. The lowest BCUT2D eigenvalue weighted by molar-refractivity contribution is 0.100. The second-order valence-corrected chi connectivity index (χ2v) is 5.21. The van der Waals surface area contributed by atoms with E-state index in [1.54, 1.807) is 17.6 Å². The molecule has 0 atom stereocenters. The first-order valence-corrected chi connectivity index (χ1v) is 6.62. The molecule has 2 aromatic heterocycles. The maximum Gasteiger partial charge on any atom is 0.259 e. The Labute approximate surface area is 115 Å². The molecule has 1 amide bonds. The topological polar surface area (TPSA) is 72.0 Å². The van der Waals surface area contributed by atoms with Gasteiger partial charge in [0.15, 0.2) is 10.9 Å². The molecule has 2 rings (SSSR count). The van der Waals surface area contributed by atoms with Gasteiger partial charge in [0.05, 0.1) is 5.56 Å². The highest BCUT2D eigenvalue weighted by molar-refractivity contribution is 9.10. The predicted molar refractivity (Wildman–Crippen MR) is 72.0 cm³/mol. The molecule has 92 valence electrons. The van der Waals surface area contributed by atoms with E-state index in [-0.39, 0.29) is 11.7 Å². The van der Waals surface area contributed by atoms with Crippen LogP contribution in [-0.2, 0) is 0 Å². The van der Waals surface area contributed by atoms with Crippen LogP contribution < -0.4 is 5.32 Å². The van der Waals surface area contributed by atoms with Gasteiger partial charge in [-0.1, -0.05) is 0 Å². The van der Waals surface area contributed by atoms with Gasteiger partial charge in [0.2, 0.25) is 0 Å². The molecule has 0 fully saturated rings. The Balaban J connectivity index is 2.13. The highest BCUT2D eigenvalue weighted by atomic mass is 79.9. The minimum absolute atomic E-state index is 0.129. The lowest BCUT2D eigenvalue weighted by Crippen LogP contribution is -2.12. The molecule has 1 N–H and O–H groups in total. The van der Waals surface area contributed by atoms with Crippen LogP contribution in [0.25, 0.3) is 0 Å². The van der Waals surface area contributed by atoms with Crippen LogP contribution >= 0.6 is 27.3 Å². The van der Waals surface area contributed by atoms with E-state index in [0.29, 0.717) is 16.4 Å². The number of hydrogen-bond donors (Lipinski definition) is 1. The molecule has 2 aromatic rings. The van der Waals surface area contributed by atoms with Crippen molar-refractivity contribution in [1.29, 1.82) is 0 Å². The summed E-state index contributed by atoms with van der Waals surface area (Å²) in [6.07, 6.45) is 3.05. The number of Topliss-reactive ketones (excluding diaryl/α,β-unsaturated/α-hetero) is 1. The Bertz CT molecular complexity index is 612. The summed E-state index contributed by atoms with van der Waals surface area (Å²) in [7, 11) is 0. The highest BCUT2D eigenvalue weighted by Gasteiger charge is 2.11. The van der Waals surface area contributed by atoms with Gasteiger partial charge in [-0.3, -0.25) is 19.9 Å². The van der Waals surface area contributed by atoms with Crippen molar-refractivity contribution in [2.24, 2.45) is 0 Å². The zero-order valence-corrected chi connectivity index (χ0v) is 11.7. The summed E-state index contributed by atoms with van der Waals surface area (Å²) in [5.41, 5.74) is 0.770.